The van der Waals surface area contributed by atoms with Crippen LogP contribution in [0.25, 0.3) is 0 Å². The van der Waals surface area contributed by atoms with Crippen LogP contribution in [0, 0.1) is 11.8 Å². The van der Waals surface area contributed by atoms with E-state index in [2.05, 4.69) is 29.7 Å². The van der Waals surface area contributed by atoms with Gasteiger partial charge in [0.05, 0.1) is 13.2 Å². The van der Waals surface area contributed by atoms with Gasteiger partial charge in [0.1, 0.15) is 35.1 Å². The molecule has 19 nitrogen and oxygen atoms in total. The summed E-state index contributed by atoms with van der Waals surface area (Å²) in [6.45, 7) is 3.73. The van der Waals surface area contributed by atoms with Gasteiger partial charge in [-0.15, -0.1) is 5.92 Å². The van der Waals surface area contributed by atoms with Crippen LogP contribution in [0.1, 0.15) is 132 Å². The third-order valence-electron chi connectivity index (χ3n) is 14.6. The smallest absolute Gasteiger partial charge is 0.542 e. The van der Waals surface area contributed by atoms with E-state index in [0.717, 1.165) is 85.4 Å². The topological polar surface area (TPSA) is 302 Å². The van der Waals surface area contributed by atoms with Crippen molar-refractivity contribution in [3.63, 3.8) is 0 Å². The molecule has 5 atom stereocenters. The molecule has 3 aromatic rings. The largest absolute Gasteiger partial charge is 1.00 e. The number of rotatable bonds is 12. The average Bonchev–Trinajstić information content (AvgIpc) is 4.26. The Bertz CT molecular complexity index is 2440. The van der Waals surface area contributed by atoms with Gasteiger partial charge in [0.15, 0.2) is 7.28 Å². The molecule has 0 aromatic heterocycles. The zero-order chi connectivity index (χ0) is 50.8. The molecule has 3 aromatic carbocycles. The summed E-state index contributed by atoms with van der Waals surface area (Å²) in [5.74, 6) is -0.184. The van der Waals surface area contributed by atoms with Gasteiger partial charge in [-0.3, -0.25) is 30.3 Å². The van der Waals surface area contributed by atoms with E-state index in [4.69, 9.17) is 23.7 Å². The number of carbonyl (C=O) groups is 5. The van der Waals surface area contributed by atoms with Crippen LogP contribution in [0.3, 0.4) is 0 Å². The maximum absolute atomic E-state index is 13.2. The molecule has 2 saturated carbocycles. The Morgan fingerprint density at radius 2 is 1.29 bits per heavy atom. The molecule has 2 aliphatic carbocycles. The molecule has 4 fully saturated rings. The zero-order valence-electron chi connectivity index (χ0n) is 42.7. The van der Waals surface area contributed by atoms with Gasteiger partial charge >= 0.3 is 117 Å². The van der Waals surface area contributed by atoms with Crippen LogP contribution >= 0.6 is 23.0 Å². The Balaban J connectivity index is 0.000000307. The summed E-state index contributed by atoms with van der Waals surface area (Å²) in [5, 5.41) is 34.4. The minimum Gasteiger partial charge on any atom is -0.542 e. The number of primary amides is 1. The van der Waals surface area contributed by atoms with Crippen molar-refractivity contribution >= 4 is 96.7 Å². The minimum absolute atomic E-state index is 0. The standard InChI is InChI=1S/C23H30BN3O6.C18H22BN2O2.C8H8BNO3.HIO.2K.H2O.Os/c1-14(26-32)4-5-15-9-18(12-28)20(10-15)25-22(29)21-3-2-8-27(21)23(30)16-6-7-17-13-33-24(31)19(17)11-16;22-17(20-14-4-1-2-5-14)16-6-3-9-21(16)18(23)12-7-8-13-11-19-15(13)10-12;10-8(11)5-1-2-6-4-13-9(12)7(6)3-5;1-2;;;;/h6-7,11,14,18,20-21,26,31-32H,2-5,8-10,13H2,1H3,(H,25,29);7-8,10,14,16H,1-6,9,11H2,(H,20,22);1-3,12H,4H2,(H2,10,11);2H;;;1H2;/q-2;;;;2*+1;;/t14-,18?,20?,21?;;;;;;;/m0......./s1. The monoisotopic (exact) mass is 1370 g/mol. The van der Waals surface area contributed by atoms with Crippen LogP contribution in [0.4, 0.5) is 0 Å². The maximum Gasteiger partial charge on any atom is 1.00 e. The first-order chi connectivity index (χ1) is 34.3. The Morgan fingerprint density at radius 1 is 0.787 bits per heavy atom. The zero-order valence-corrected chi connectivity index (χ0v) is 53.6. The molecule has 26 heteroatoms. The first-order valence-electron chi connectivity index (χ1n) is 24.4. The van der Waals surface area contributed by atoms with Crippen LogP contribution in [-0.4, -0.2) is 135 Å². The number of halogens is 1. The number of hydroxylamine groups is 1. The van der Waals surface area contributed by atoms with Gasteiger partial charge in [0.2, 0.25) is 17.7 Å². The third kappa shape index (κ3) is 17.6. The van der Waals surface area contributed by atoms with Crippen molar-refractivity contribution in [2.45, 2.75) is 134 Å². The van der Waals surface area contributed by atoms with Gasteiger partial charge in [-0.05, 0) is 104 Å². The van der Waals surface area contributed by atoms with Crippen molar-refractivity contribution in [3.8, 4) is 0 Å². The van der Waals surface area contributed by atoms with E-state index in [1.807, 2.05) is 25.1 Å². The number of hydrogen-bond acceptors (Lipinski definition) is 13. The summed E-state index contributed by atoms with van der Waals surface area (Å²) in [6.07, 6.45) is 13.3. The third-order valence-corrected chi connectivity index (χ3v) is 14.6. The van der Waals surface area contributed by atoms with Gasteiger partial charge < -0.3 is 70.4 Å². The summed E-state index contributed by atoms with van der Waals surface area (Å²) in [4.78, 5) is 77.3. The van der Waals surface area contributed by atoms with Crippen LogP contribution in [0.15, 0.2) is 54.6 Å². The molecular weight excluding hydrogens is 1310 g/mol. The summed E-state index contributed by atoms with van der Waals surface area (Å²) in [6, 6.07) is 15.0. The minimum atomic E-state index is -1.04. The van der Waals surface area contributed by atoms with Gasteiger partial charge in [0, 0.05) is 61.7 Å². The van der Waals surface area contributed by atoms with Crippen LogP contribution in [-0.2, 0) is 63.0 Å². The maximum atomic E-state index is 13.2. The number of fused-ring (bicyclic) bond motifs is 3. The molecule has 10 rings (SSSR count). The van der Waals surface area contributed by atoms with Crippen LogP contribution < -0.4 is 141 Å². The molecule has 7 aliphatic rings. The summed E-state index contributed by atoms with van der Waals surface area (Å²) in [5.41, 5.74) is 14.3. The number of carbonyl (C=O) groups excluding carboxylic acids is 6. The number of benzene rings is 3. The molecule has 5 heterocycles. The van der Waals surface area contributed by atoms with Crippen molar-refractivity contribution in [1.82, 2.24) is 25.9 Å². The predicted molar refractivity (Wildman–Crippen MR) is 277 cm³/mol. The first-order valence-corrected chi connectivity index (χ1v) is 25.4. The molecule has 5 amide bonds. The first kappa shape index (κ1) is 68.5. The molecule has 5 aliphatic heterocycles. The number of likely N-dealkylation sites (tertiary alicyclic amines) is 2. The van der Waals surface area contributed by atoms with Crippen LogP contribution in [0.2, 0.25) is 0 Å². The molecule has 0 spiro atoms. The Hall–Kier alpha value is -0.806. The number of nitrogens with zero attached hydrogens (tertiary/aromatic N) is 2. The summed E-state index contributed by atoms with van der Waals surface area (Å²) < 4.78 is 17.1. The predicted octanol–water partition coefficient (Wildman–Crippen LogP) is -6.06. The van der Waals surface area contributed by atoms with Crippen molar-refractivity contribution in [2.75, 3.05) is 13.1 Å². The number of nitrogens with one attached hydrogen (secondary N) is 3. The molecule has 75 heavy (non-hydrogen) atoms. The molecule has 4 unspecified atom stereocenters. The molecular formula is C49H63B3IK2N6O13Os. The fraction of sp³-hybridized carbons (Fsp3) is 0.490. The van der Waals surface area contributed by atoms with Gasteiger partial charge in [-0.25, -0.2) is 5.48 Å². The molecule has 11 N–H and O–H groups in total. The second-order valence-corrected chi connectivity index (χ2v) is 19.2. The normalized spacial score (nSPS) is 21.0. The second kappa shape index (κ2) is 33.2. The number of hydrogen-bond donors (Lipinski definition) is 8. The molecule has 0 bridgehead atoms. The summed E-state index contributed by atoms with van der Waals surface area (Å²) >= 11 is 1.15. The van der Waals surface area contributed by atoms with Crippen molar-refractivity contribution in [3.05, 3.63) is 93.9 Å². The van der Waals surface area contributed by atoms with E-state index < -0.39 is 32.1 Å². The van der Waals surface area contributed by atoms with E-state index >= 15 is 0 Å². The Morgan fingerprint density at radius 3 is 1.79 bits per heavy atom. The van der Waals surface area contributed by atoms with E-state index in [1.165, 1.54) is 29.8 Å². The Kier molecular flexibility index (Phi) is 30.3. The number of nitrogens with two attached hydrogens (primary N) is 1. The average molecular weight is 1370 g/mol. The van der Waals surface area contributed by atoms with Crippen molar-refractivity contribution in [2.24, 2.45) is 11.7 Å². The Labute approximate surface area is 552 Å². The SMILES string of the molecule is C[C@@H](CC[C-]1CC([C-]=O)C(NC(=O)C2CCCN2C(=O)c2ccc3c(c2)B(O)OC3)C1)NO.NC(=O)c1ccc2c(c1)B(O)OC2.O.O=C(NC1CCCC1)C1CCCN1C(=O)c1ccc2c(c1)[B]C2.OI.[K+].[K+].[Os]. The van der Waals surface area contributed by atoms with E-state index in [9.17, 15) is 38.8 Å². The van der Waals surface area contributed by atoms with E-state index in [0.29, 0.717) is 79.2 Å². The quantitative estimate of drug-likeness (QED) is 0.0363. The van der Waals surface area contributed by atoms with E-state index in [-0.39, 0.29) is 170 Å². The van der Waals surface area contributed by atoms with Crippen molar-refractivity contribution < 1.29 is 185 Å². The fourth-order valence-electron chi connectivity index (χ4n) is 10.4. The van der Waals surface area contributed by atoms with Crippen LogP contribution in [0.5, 0.6) is 0 Å². The van der Waals surface area contributed by atoms with Gasteiger partial charge in [-0.1, -0.05) is 60.9 Å². The molecule has 1 radical (unpaired) electrons. The second-order valence-electron chi connectivity index (χ2n) is 19.2. The molecule has 393 valence electrons. The van der Waals surface area contributed by atoms with Crippen molar-refractivity contribution in [1.29, 1.82) is 0 Å². The number of amides is 5. The molecule has 2 saturated heterocycles. The van der Waals surface area contributed by atoms with Gasteiger partial charge in [0.25, 0.3) is 11.8 Å². The van der Waals surface area contributed by atoms with E-state index in [1.54, 1.807) is 46.2 Å². The fourth-order valence-corrected chi connectivity index (χ4v) is 10.4. The summed E-state index contributed by atoms with van der Waals surface area (Å²) in [7, 11) is 0.181. The van der Waals surface area contributed by atoms with Gasteiger partial charge in [-0.2, -0.15) is 19.3 Å².